The van der Waals surface area contributed by atoms with Gasteiger partial charge in [-0.2, -0.15) is 0 Å². The Kier molecular flexibility index (Phi) is 6.88. The molecule has 2 rings (SSSR count). The second kappa shape index (κ2) is 9.13. The summed E-state index contributed by atoms with van der Waals surface area (Å²) < 4.78 is 0. The van der Waals surface area contributed by atoms with Crippen LogP contribution in [0.1, 0.15) is 21.5 Å². The van der Waals surface area contributed by atoms with Gasteiger partial charge in [0.25, 0.3) is 5.91 Å². The summed E-state index contributed by atoms with van der Waals surface area (Å²) in [7, 11) is 0. The van der Waals surface area contributed by atoms with Crippen LogP contribution in [0, 0.1) is 13.8 Å². The topological polar surface area (TPSA) is 58.2 Å². The van der Waals surface area contributed by atoms with Gasteiger partial charge in [0.05, 0.1) is 6.54 Å². The molecule has 2 aromatic rings. The maximum Gasteiger partial charge on any atom is 0.251 e. The van der Waals surface area contributed by atoms with Gasteiger partial charge in [0.15, 0.2) is 0 Å². The molecule has 0 fully saturated rings. The van der Waals surface area contributed by atoms with Crippen LogP contribution in [-0.2, 0) is 4.79 Å². The lowest BCUT2D eigenvalue weighted by atomic mass is 10.1. The molecule has 0 saturated carbocycles. The van der Waals surface area contributed by atoms with Crippen LogP contribution >= 0.6 is 11.8 Å². The Hall–Kier alpha value is -2.27. The molecule has 0 atom stereocenters. The molecule has 0 radical (unpaired) electrons. The van der Waals surface area contributed by atoms with E-state index in [1.165, 1.54) is 4.90 Å². The Bertz CT molecular complexity index is 702. The number of carbonyl (C=O) groups is 2. The highest BCUT2D eigenvalue weighted by molar-refractivity contribution is 7.99. The summed E-state index contributed by atoms with van der Waals surface area (Å²) in [6.07, 6.45) is 0. The Morgan fingerprint density at radius 3 is 2.42 bits per heavy atom. The van der Waals surface area contributed by atoms with E-state index in [4.69, 9.17) is 0 Å². The Labute approximate surface area is 147 Å². The average molecular weight is 342 g/mol. The van der Waals surface area contributed by atoms with E-state index in [1.807, 2.05) is 56.3 Å². The van der Waals surface area contributed by atoms with Gasteiger partial charge in [-0.05, 0) is 49.2 Å². The molecule has 0 aliphatic rings. The maximum absolute atomic E-state index is 12.0. The van der Waals surface area contributed by atoms with Crippen LogP contribution in [0.3, 0.4) is 0 Å². The normalized spacial score (nSPS) is 10.2. The monoisotopic (exact) mass is 342 g/mol. The van der Waals surface area contributed by atoms with Gasteiger partial charge in [-0.25, -0.2) is 0 Å². The van der Waals surface area contributed by atoms with Crippen LogP contribution in [0.5, 0.6) is 0 Å². The zero-order chi connectivity index (χ0) is 17.4. The summed E-state index contributed by atoms with van der Waals surface area (Å²) in [5.74, 6) is 0.383. The van der Waals surface area contributed by atoms with E-state index >= 15 is 0 Å². The van der Waals surface area contributed by atoms with Crippen molar-refractivity contribution in [3.05, 3.63) is 65.2 Å². The van der Waals surface area contributed by atoms with Crippen molar-refractivity contribution in [2.75, 3.05) is 18.8 Å². The first-order valence-electron chi connectivity index (χ1n) is 7.86. The lowest BCUT2D eigenvalue weighted by Gasteiger charge is -2.08. The lowest BCUT2D eigenvalue weighted by molar-refractivity contribution is -0.120. The van der Waals surface area contributed by atoms with Gasteiger partial charge < -0.3 is 10.6 Å². The van der Waals surface area contributed by atoms with Crippen LogP contribution in [0.4, 0.5) is 0 Å². The minimum atomic E-state index is -0.230. The summed E-state index contributed by atoms with van der Waals surface area (Å²) in [5, 5.41) is 5.45. The third kappa shape index (κ3) is 5.74. The summed E-state index contributed by atoms with van der Waals surface area (Å²) in [5.41, 5.74) is 2.77. The van der Waals surface area contributed by atoms with Crippen molar-refractivity contribution in [1.82, 2.24) is 10.6 Å². The van der Waals surface area contributed by atoms with Crippen molar-refractivity contribution >= 4 is 23.6 Å². The smallest absolute Gasteiger partial charge is 0.251 e. The average Bonchev–Trinajstić information content (AvgIpc) is 2.60. The van der Waals surface area contributed by atoms with Gasteiger partial charge in [-0.1, -0.05) is 24.3 Å². The largest absolute Gasteiger partial charge is 0.354 e. The highest BCUT2D eigenvalue weighted by Crippen LogP contribution is 2.15. The first-order valence-corrected chi connectivity index (χ1v) is 8.85. The van der Waals surface area contributed by atoms with Crippen LogP contribution in [0.25, 0.3) is 0 Å². The summed E-state index contributed by atoms with van der Waals surface area (Å²) in [6.45, 7) is 4.51. The van der Waals surface area contributed by atoms with E-state index in [0.29, 0.717) is 12.1 Å². The van der Waals surface area contributed by atoms with Crippen molar-refractivity contribution in [1.29, 1.82) is 0 Å². The maximum atomic E-state index is 12.0. The van der Waals surface area contributed by atoms with Gasteiger partial charge in [0.2, 0.25) is 5.91 Å². The summed E-state index contributed by atoms with van der Waals surface area (Å²) in [4.78, 5) is 25.0. The Morgan fingerprint density at radius 1 is 0.958 bits per heavy atom. The predicted octanol–water partition coefficient (Wildman–Crippen LogP) is 2.94. The van der Waals surface area contributed by atoms with Gasteiger partial charge in [0.1, 0.15) is 0 Å². The molecule has 2 N–H and O–H groups in total. The molecule has 4 nitrogen and oxygen atoms in total. The first-order chi connectivity index (χ1) is 11.6. The zero-order valence-corrected chi connectivity index (χ0v) is 14.8. The Balaban J connectivity index is 1.67. The molecule has 2 amide bonds. The van der Waals surface area contributed by atoms with Crippen LogP contribution in [0.2, 0.25) is 0 Å². The predicted molar refractivity (Wildman–Crippen MR) is 98.4 cm³/mol. The Morgan fingerprint density at radius 2 is 1.71 bits per heavy atom. The molecule has 0 aliphatic carbocycles. The van der Waals surface area contributed by atoms with Gasteiger partial charge in [-0.3, -0.25) is 9.59 Å². The van der Waals surface area contributed by atoms with Crippen molar-refractivity contribution in [3.63, 3.8) is 0 Å². The third-order valence-electron chi connectivity index (χ3n) is 3.61. The quantitative estimate of drug-likeness (QED) is 0.601. The number of thioether (sulfide) groups is 1. The second-order valence-corrected chi connectivity index (χ2v) is 6.66. The number of amides is 2. The van der Waals surface area contributed by atoms with E-state index in [-0.39, 0.29) is 18.4 Å². The van der Waals surface area contributed by atoms with E-state index < -0.39 is 0 Å². The fraction of sp³-hybridized carbons (Fsp3) is 0.263. The molecule has 0 aromatic heterocycles. The second-order valence-electron chi connectivity index (χ2n) is 5.49. The third-order valence-corrected chi connectivity index (χ3v) is 4.63. The molecule has 24 heavy (non-hydrogen) atoms. The van der Waals surface area contributed by atoms with E-state index in [1.54, 1.807) is 17.8 Å². The van der Waals surface area contributed by atoms with Crippen LogP contribution in [0.15, 0.2) is 53.4 Å². The summed E-state index contributed by atoms with van der Waals surface area (Å²) >= 11 is 1.68. The molecule has 126 valence electrons. The number of aryl methyl sites for hydroxylation is 2. The molecular weight excluding hydrogens is 320 g/mol. The van der Waals surface area contributed by atoms with Gasteiger partial charge >= 0.3 is 0 Å². The fourth-order valence-corrected chi connectivity index (χ4v) is 2.87. The SMILES string of the molecule is Cc1ccc(C(=O)NCC(=O)NCCSc2ccccc2)cc1C. The number of rotatable bonds is 7. The number of hydrogen-bond donors (Lipinski definition) is 2. The number of nitrogens with one attached hydrogen (secondary N) is 2. The standard InChI is InChI=1S/C19H22N2O2S/c1-14-8-9-16(12-15(14)2)19(23)21-13-18(22)20-10-11-24-17-6-4-3-5-7-17/h3-9,12H,10-11,13H2,1-2H3,(H,20,22)(H,21,23). The molecule has 5 heteroatoms. The van der Waals surface area contributed by atoms with Crippen molar-refractivity contribution in [2.45, 2.75) is 18.7 Å². The zero-order valence-electron chi connectivity index (χ0n) is 14.0. The van der Waals surface area contributed by atoms with Crippen molar-refractivity contribution in [2.24, 2.45) is 0 Å². The highest BCUT2D eigenvalue weighted by atomic mass is 32.2. The van der Waals surface area contributed by atoms with Crippen LogP contribution < -0.4 is 10.6 Å². The van der Waals surface area contributed by atoms with Crippen molar-refractivity contribution < 1.29 is 9.59 Å². The number of carbonyl (C=O) groups excluding carboxylic acids is 2. The number of benzene rings is 2. The molecule has 2 aromatic carbocycles. The minimum Gasteiger partial charge on any atom is -0.354 e. The summed E-state index contributed by atoms with van der Waals surface area (Å²) in [6, 6.07) is 15.5. The van der Waals surface area contributed by atoms with Crippen molar-refractivity contribution in [3.8, 4) is 0 Å². The lowest BCUT2D eigenvalue weighted by Crippen LogP contribution is -2.37. The molecule has 0 bridgehead atoms. The van der Waals surface area contributed by atoms with E-state index in [0.717, 1.165) is 16.9 Å². The minimum absolute atomic E-state index is 0.0121. The molecule has 0 heterocycles. The van der Waals surface area contributed by atoms with Gasteiger partial charge in [-0.15, -0.1) is 11.8 Å². The first kappa shape index (κ1) is 18.1. The molecule has 0 unspecified atom stereocenters. The van der Waals surface area contributed by atoms with Gasteiger partial charge in [0, 0.05) is 22.8 Å². The fourth-order valence-electron chi connectivity index (χ4n) is 2.08. The van der Waals surface area contributed by atoms with E-state index in [9.17, 15) is 9.59 Å². The van der Waals surface area contributed by atoms with Crippen LogP contribution in [-0.4, -0.2) is 30.7 Å². The molecule has 0 saturated heterocycles. The molecular formula is C19H22N2O2S. The number of hydrogen-bond acceptors (Lipinski definition) is 3. The molecule has 0 spiro atoms. The molecule has 0 aliphatic heterocycles. The van der Waals surface area contributed by atoms with E-state index in [2.05, 4.69) is 10.6 Å². The highest BCUT2D eigenvalue weighted by Gasteiger charge is 2.08.